The second kappa shape index (κ2) is 3.22. The van der Waals surface area contributed by atoms with Crippen molar-refractivity contribution in [2.75, 3.05) is 5.32 Å². The minimum atomic E-state index is -0.473. The monoisotopic (exact) mass is 194 g/mol. The first kappa shape index (κ1) is 8.89. The molecule has 6 heteroatoms. The molecule has 0 aromatic carbocycles. The molecule has 2 atom stereocenters. The highest BCUT2D eigenvalue weighted by molar-refractivity contribution is 5.42. The lowest BCUT2D eigenvalue weighted by atomic mass is 10.4. The fourth-order valence-corrected chi connectivity index (χ4v) is 1.15. The first-order valence-corrected chi connectivity index (χ1v) is 4.29. The third-order valence-corrected chi connectivity index (χ3v) is 2.13. The Morgan fingerprint density at radius 1 is 1.64 bits per heavy atom. The second-order valence-electron chi connectivity index (χ2n) is 3.31. The van der Waals surface area contributed by atoms with Crippen LogP contribution in [-0.2, 0) is 0 Å². The number of nitrogens with zero attached hydrogens (tertiary/aromatic N) is 2. The molecule has 1 aliphatic rings. The first-order valence-electron chi connectivity index (χ1n) is 4.29. The number of aromatic nitrogens is 1. The predicted molar refractivity (Wildman–Crippen MR) is 50.9 cm³/mol. The Labute approximate surface area is 80.3 Å². The van der Waals surface area contributed by atoms with E-state index in [0.29, 0.717) is 5.82 Å². The highest BCUT2D eigenvalue weighted by Crippen LogP contribution is 2.23. The van der Waals surface area contributed by atoms with Gasteiger partial charge in [0.15, 0.2) is 0 Å². The van der Waals surface area contributed by atoms with Crippen molar-refractivity contribution in [2.24, 2.45) is 5.73 Å². The van der Waals surface area contributed by atoms with E-state index in [1.54, 1.807) is 6.07 Å². The molecule has 1 aromatic heterocycles. The van der Waals surface area contributed by atoms with E-state index in [1.807, 2.05) is 0 Å². The summed E-state index contributed by atoms with van der Waals surface area (Å²) in [5, 5.41) is 13.4. The number of hydrogen-bond acceptors (Lipinski definition) is 5. The predicted octanol–water partition coefficient (Wildman–Crippen LogP) is 0.501. The quantitative estimate of drug-likeness (QED) is 0.539. The van der Waals surface area contributed by atoms with E-state index in [4.69, 9.17) is 5.73 Å². The van der Waals surface area contributed by atoms with Gasteiger partial charge >= 0.3 is 0 Å². The van der Waals surface area contributed by atoms with E-state index in [-0.39, 0.29) is 17.8 Å². The number of nitro groups is 1. The molecule has 1 aromatic rings. The maximum atomic E-state index is 10.3. The van der Waals surface area contributed by atoms with Crippen molar-refractivity contribution in [1.29, 1.82) is 0 Å². The molecule has 0 spiro atoms. The Bertz CT molecular complexity index is 351. The number of pyridine rings is 1. The van der Waals surface area contributed by atoms with Gasteiger partial charge in [0, 0.05) is 18.2 Å². The first-order chi connectivity index (χ1) is 6.66. The van der Waals surface area contributed by atoms with Gasteiger partial charge in [0.05, 0.1) is 4.92 Å². The number of anilines is 1. The molecule has 0 radical (unpaired) electrons. The molecule has 1 heterocycles. The molecule has 1 aliphatic carbocycles. The van der Waals surface area contributed by atoms with Gasteiger partial charge in [-0.1, -0.05) is 0 Å². The molecule has 14 heavy (non-hydrogen) atoms. The van der Waals surface area contributed by atoms with E-state index in [9.17, 15) is 10.1 Å². The van der Waals surface area contributed by atoms with Gasteiger partial charge in [0.2, 0.25) is 0 Å². The van der Waals surface area contributed by atoms with Crippen molar-refractivity contribution in [1.82, 2.24) is 4.98 Å². The molecule has 74 valence electrons. The SMILES string of the molecule is NC1CC1Nc1ccc([N+](=O)[O-])cn1. The molecule has 2 rings (SSSR count). The Morgan fingerprint density at radius 2 is 2.36 bits per heavy atom. The minimum Gasteiger partial charge on any atom is -0.366 e. The van der Waals surface area contributed by atoms with Crippen LogP contribution in [0.5, 0.6) is 0 Å². The summed E-state index contributed by atoms with van der Waals surface area (Å²) in [7, 11) is 0. The summed E-state index contributed by atoms with van der Waals surface area (Å²) in [4.78, 5) is 13.8. The van der Waals surface area contributed by atoms with Crippen molar-refractivity contribution >= 4 is 11.5 Å². The third kappa shape index (κ3) is 1.80. The summed E-state index contributed by atoms with van der Waals surface area (Å²) in [6.45, 7) is 0. The van der Waals surface area contributed by atoms with Gasteiger partial charge in [-0.15, -0.1) is 0 Å². The highest BCUT2D eigenvalue weighted by Gasteiger charge is 2.33. The summed E-state index contributed by atoms with van der Waals surface area (Å²) in [6.07, 6.45) is 2.16. The van der Waals surface area contributed by atoms with Crippen LogP contribution in [-0.4, -0.2) is 22.0 Å². The molecular formula is C8H10N4O2. The molecule has 0 bridgehead atoms. The number of nitrogens with one attached hydrogen (secondary N) is 1. The van der Waals surface area contributed by atoms with Crippen molar-refractivity contribution in [2.45, 2.75) is 18.5 Å². The van der Waals surface area contributed by atoms with Crippen LogP contribution in [0.25, 0.3) is 0 Å². The van der Waals surface area contributed by atoms with Crippen LogP contribution in [0.3, 0.4) is 0 Å². The third-order valence-electron chi connectivity index (χ3n) is 2.13. The van der Waals surface area contributed by atoms with Gasteiger partial charge in [-0.25, -0.2) is 4.98 Å². The lowest BCUT2D eigenvalue weighted by Gasteiger charge is -2.02. The molecule has 6 nitrogen and oxygen atoms in total. The Morgan fingerprint density at radius 3 is 2.79 bits per heavy atom. The molecule has 0 aliphatic heterocycles. The maximum Gasteiger partial charge on any atom is 0.287 e. The van der Waals surface area contributed by atoms with Gasteiger partial charge in [-0.2, -0.15) is 0 Å². The van der Waals surface area contributed by atoms with Gasteiger partial charge in [-0.3, -0.25) is 10.1 Å². The fourth-order valence-electron chi connectivity index (χ4n) is 1.15. The average molecular weight is 194 g/mol. The van der Waals surface area contributed by atoms with Crippen LogP contribution >= 0.6 is 0 Å². The topological polar surface area (TPSA) is 94.1 Å². The lowest BCUT2D eigenvalue weighted by Crippen LogP contribution is -2.13. The zero-order valence-electron chi connectivity index (χ0n) is 7.38. The number of nitrogens with two attached hydrogens (primary N) is 1. The second-order valence-corrected chi connectivity index (χ2v) is 3.31. The zero-order valence-corrected chi connectivity index (χ0v) is 7.38. The van der Waals surface area contributed by atoms with Crippen LogP contribution in [0, 0.1) is 10.1 Å². The highest BCUT2D eigenvalue weighted by atomic mass is 16.6. The molecule has 3 N–H and O–H groups in total. The maximum absolute atomic E-state index is 10.3. The normalized spacial score (nSPS) is 24.4. The number of rotatable bonds is 3. The van der Waals surface area contributed by atoms with Gasteiger partial charge in [-0.05, 0) is 12.5 Å². The van der Waals surface area contributed by atoms with E-state index in [0.717, 1.165) is 6.42 Å². The molecule has 0 saturated heterocycles. The Hall–Kier alpha value is -1.69. The summed E-state index contributed by atoms with van der Waals surface area (Å²) in [6, 6.07) is 3.46. The minimum absolute atomic E-state index is 0.00403. The largest absolute Gasteiger partial charge is 0.366 e. The summed E-state index contributed by atoms with van der Waals surface area (Å²) >= 11 is 0. The van der Waals surface area contributed by atoms with E-state index in [1.165, 1.54) is 12.3 Å². The van der Waals surface area contributed by atoms with E-state index in [2.05, 4.69) is 10.3 Å². The summed E-state index contributed by atoms with van der Waals surface area (Å²) in [5.74, 6) is 0.633. The Balaban J connectivity index is 2.02. The lowest BCUT2D eigenvalue weighted by molar-refractivity contribution is -0.385. The van der Waals surface area contributed by atoms with Crippen LogP contribution in [0.1, 0.15) is 6.42 Å². The molecular weight excluding hydrogens is 184 g/mol. The van der Waals surface area contributed by atoms with E-state index < -0.39 is 4.92 Å². The average Bonchev–Trinajstić information content (AvgIpc) is 2.82. The van der Waals surface area contributed by atoms with Crippen LogP contribution in [0.2, 0.25) is 0 Å². The smallest absolute Gasteiger partial charge is 0.287 e. The van der Waals surface area contributed by atoms with Crippen molar-refractivity contribution in [3.05, 3.63) is 28.4 Å². The fraction of sp³-hybridized carbons (Fsp3) is 0.375. The summed E-state index contributed by atoms with van der Waals surface area (Å²) < 4.78 is 0. The molecule has 2 unspecified atom stereocenters. The summed E-state index contributed by atoms with van der Waals surface area (Å²) in [5.41, 5.74) is 5.59. The van der Waals surface area contributed by atoms with Crippen molar-refractivity contribution in [3.8, 4) is 0 Å². The van der Waals surface area contributed by atoms with Crippen LogP contribution in [0.4, 0.5) is 11.5 Å². The van der Waals surface area contributed by atoms with E-state index >= 15 is 0 Å². The zero-order chi connectivity index (χ0) is 10.1. The molecule has 0 amide bonds. The molecule has 1 fully saturated rings. The number of hydrogen-bond donors (Lipinski definition) is 2. The van der Waals surface area contributed by atoms with Crippen LogP contribution < -0.4 is 11.1 Å². The standard InChI is InChI=1S/C8H10N4O2/c9-6-3-7(6)11-8-2-1-5(4-10-8)12(13)14/h1-2,4,6-7H,3,9H2,(H,10,11). The van der Waals surface area contributed by atoms with Crippen molar-refractivity contribution in [3.63, 3.8) is 0 Å². The molecule has 1 saturated carbocycles. The van der Waals surface area contributed by atoms with Crippen LogP contribution in [0.15, 0.2) is 18.3 Å². The Kier molecular flexibility index (Phi) is 2.05. The van der Waals surface area contributed by atoms with Gasteiger partial charge in [0.25, 0.3) is 5.69 Å². The van der Waals surface area contributed by atoms with Crippen molar-refractivity contribution < 1.29 is 4.92 Å². The van der Waals surface area contributed by atoms with Gasteiger partial charge < -0.3 is 11.1 Å². The van der Waals surface area contributed by atoms with Gasteiger partial charge in [0.1, 0.15) is 12.0 Å².